The van der Waals surface area contributed by atoms with Crippen molar-refractivity contribution >= 4 is 11.6 Å². The second-order valence-electron chi connectivity index (χ2n) is 5.36. The lowest BCUT2D eigenvalue weighted by Crippen LogP contribution is -2.45. The second-order valence-corrected chi connectivity index (χ2v) is 5.36. The summed E-state index contributed by atoms with van der Waals surface area (Å²) in [6, 6.07) is 8.37. The molecule has 4 heteroatoms. The molecule has 0 saturated carbocycles. The predicted molar refractivity (Wildman–Crippen MR) is 80.9 cm³/mol. The van der Waals surface area contributed by atoms with Gasteiger partial charge in [-0.25, -0.2) is 0 Å². The van der Waals surface area contributed by atoms with Crippen molar-refractivity contribution in [2.24, 2.45) is 5.92 Å². The molecule has 0 aliphatic carbocycles. The molecule has 1 heterocycles. The molecule has 0 aromatic heterocycles. The number of benzene rings is 1. The number of para-hydroxylation sites is 1. The van der Waals surface area contributed by atoms with Crippen molar-refractivity contribution in [3.8, 4) is 0 Å². The molecule has 1 aromatic carbocycles. The van der Waals surface area contributed by atoms with Crippen molar-refractivity contribution in [3.63, 3.8) is 0 Å². The fourth-order valence-corrected chi connectivity index (χ4v) is 2.64. The minimum Gasteiger partial charge on any atom is -0.382 e. The lowest BCUT2D eigenvalue weighted by molar-refractivity contribution is -0.135. The van der Waals surface area contributed by atoms with E-state index >= 15 is 0 Å². The molecule has 4 nitrogen and oxygen atoms in total. The molecule has 2 rings (SSSR count). The Hall–Kier alpha value is -1.55. The standard InChI is InChI=1S/C16H24N2O2/c1-4-20-10-9-18(3)16(19)14-11-13-7-5-6-8-15(13)17-12(14)2/h5-8,12,14,17H,4,9-11H2,1-3H3. The van der Waals surface area contributed by atoms with E-state index < -0.39 is 0 Å². The smallest absolute Gasteiger partial charge is 0.227 e. The van der Waals surface area contributed by atoms with Gasteiger partial charge in [-0.05, 0) is 31.9 Å². The third kappa shape index (κ3) is 3.31. The molecule has 1 aliphatic rings. The van der Waals surface area contributed by atoms with Crippen LogP contribution in [0.15, 0.2) is 24.3 Å². The van der Waals surface area contributed by atoms with Crippen molar-refractivity contribution in [1.29, 1.82) is 0 Å². The van der Waals surface area contributed by atoms with Crippen LogP contribution in [0.2, 0.25) is 0 Å². The van der Waals surface area contributed by atoms with E-state index in [0.29, 0.717) is 19.8 Å². The molecule has 1 aromatic rings. The number of likely N-dealkylation sites (N-methyl/N-ethyl adjacent to an activating group) is 1. The van der Waals surface area contributed by atoms with Crippen LogP contribution in [0.1, 0.15) is 19.4 Å². The van der Waals surface area contributed by atoms with E-state index in [2.05, 4.69) is 24.4 Å². The van der Waals surface area contributed by atoms with Crippen LogP contribution >= 0.6 is 0 Å². The van der Waals surface area contributed by atoms with Gasteiger partial charge >= 0.3 is 0 Å². The Balaban J connectivity index is 2.00. The number of anilines is 1. The van der Waals surface area contributed by atoms with E-state index in [1.54, 1.807) is 4.90 Å². The SMILES string of the molecule is CCOCCN(C)C(=O)C1Cc2ccccc2NC1C. The van der Waals surface area contributed by atoms with Crippen LogP contribution in [0.3, 0.4) is 0 Å². The highest BCUT2D eigenvalue weighted by molar-refractivity contribution is 5.81. The molecule has 0 fully saturated rings. The molecule has 0 bridgehead atoms. The summed E-state index contributed by atoms with van der Waals surface area (Å²) in [6.45, 7) is 5.99. The number of amides is 1. The highest BCUT2D eigenvalue weighted by Gasteiger charge is 2.31. The fraction of sp³-hybridized carbons (Fsp3) is 0.562. The molecule has 1 N–H and O–H groups in total. The van der Waals surface area contributed by atoms with Crippen LogP contribution in [0.4, 0.5) is 5.69 Å². The monoisotopic (exact) mass is 276 g/mol. The zero-order valence-corrected chi connectivity index (χ0v) is 12.6. The number of hydrogen-bond donors (Lipinski definition) is 1. The maximum Gasteiger partial charge on any atom is 0.227 e. The Morgan fingerprint density at radius 2 is 2.20 bits per heavy atom. The number of rotatable bonds is 5. The summed E-state index contributed by atoms with van der Waals surface area (Å²) in [5.41, 5.74) is 2.38. The van der Waals surface area contributed by atoms with Crippen molar-refractivity contribution in [1.82, 2.24) is 4.90 Å². The maximum atomic E-state index is 12.5. The zero-order chi connectivity index (χ0) is 14.5. The molecule has 2 unspecified atom stereocenters. The minimum atomic E-state index is -0.00322. The first-order valence-electron chi connectivity index (χ1n) is 7.30. The topological polar surface area (TPSA) is 41.6 Å². The first kappa shape index (κ1) is 14.9. The van der Waals surface area contributed by atoms with Gasteiger partial charge in [-0.3, -0.25) is 4.79 Å². The minimum absolute atomic E-state index is 0.00322. The molecular weight excluding hydrogens is 252 g/mol. The first-order valence-corrected chi connectivity index (χ1v) is 7.30. The average molecular weight is 276 g/mol. The van der Waals surface area contributed by atoms with Gasteiger partial charge in [0.15, 0.2) is 0 Å². The van der Waals surface area contributed by atoms with E-state index in [1.807, 2.05) is 26.1 Å². The van der Waals surface area contributed by atoms with Crippen LogP contribution in [0, 0.1) is 5.92 Å². The average Bonchev–Trinajstić information content (AvgIpc) is 2.46. The van der Waals surface area contributed by atoms with E-state index in [1.165, 1.54) is 5.56 Å². The third-order valence-corrected chi connectivity index (χ3v) is 3.91. The molecule has 20 heavy (non-hydrogen) atoms. The Labute approximate surface area is 121 Å². The predicted octanol–water partition coefficient (Wildman–Crippen LogP) is 2.15. The zero-order valence-electron chi connectivity index (χ0n) is 12.6. The summed E-state index contributed by atoms with van der Waals surface area (Å²) in [4.78, 5) is 14.3. The molecule has 110 valence electrons. The summed E-state index contributed by atoms with van der Waals surface area (Å²) in [5.74, 6) is 0.190. The van der Waals surface area contributed by atoms with Crippen LogP contribution in [0.5, 0.6) is 0 Å². The summed E-state index contributed by atoms with van der Waals surface area (Å²) < 4.78 is 5.32. The van der Waals surface area contributed by atoms with Gasteiger partial charge in [0.2, 0.25) is 5.91 Å². The van der Waals surface area contributed by atoms with Crippen molar-refractivity contribution in [2.45, 2.75) is 26.3 Å². The number of ether oxygens (including phenoxy) is 1. The van der Waals surface area contributed by atoms with Crippen LogP contribution in [-0.2, 0) is 16.0 Å². The van der Waals surface area contributed by atoms with Gasteiger partial charge in [-0.2, -0.15) is 0 Å². The molecule has 1 aliphatic heterocycles. The van der Waals surface area contributed by atoms with Gasteiger partial charge in [0.25, 0.3) is 0 Å². The van der Waals surface area contributed by atoms with Crippen molar-refractivity contribution in [2.75, 3.05) is 32.1 Å². The van der Waals surface area contributed by atoms with Gasteiger partial charge in [0.1, 0.15) is 0 Å². The second kappa shape index (κ2) is 6.75. The van der Waals surface area contributed by atoms with Crippen molar-refractivity contribution < 1.29 is 9.53 Å². The van der Waals surface area contributed by atoms with Gasteiger partial charge < -0.3 is 15.0 Å². The van der Waals surface area contributed by atoms with Crippen LogP contribution < -0.4 is 5.32 Å². The Bertz CT molecular complexity index is 462. The largest absolute Gasteiger partial charge is 0.382 e. The highest BCUT2D eigenvalue weighted by Crippen LogP contribution is 2.29. The Morgan fingerprint density at radius 3 is 2.95 bits per heavy atom. The van der Waals surface area contributed by atoms with Gasteiger partial charge in [0, 0.05) is 31.9 Å². The van der Waals surface area contributed by atoms with Crippen molar-refractivity contribution in [3.05, 3.63) is 29.8 Å². The number of hydrogen-bond acceptors (Lipinski definition) is 3. The summed E-state index contributed by atoms with van der Waals surface area (Å²) in [5, 5.41) is 3.43. The Kier molecular flexibility index (Phi) is 5.01. The number of fused-ring (bicyclic) bond motifs is 1. The summed E-state index contributed by atoms with van der Waals surface area (Å²) in [7, 11) is 1.86. The van der Waals surface area contributed by atoms with Gasteiger partial charge in [0.05, 0.1) is 12.5 Å². The van der Waals surface area contributed by atoms with E-state index in [-0.39, 0.29) is 17.9 Å². The number of nitrogens with one attached hydrogen (secondary N) is 1. The van der Waals surface area contributed by atoms with E-state index in [4.69, 9.17) is 4.74 Å². The molecular formula is C16H24N2O2. The summed E-state index contributed by atoms with van der Waals surface area (Å²) in [6.07, 6.45) is 0.808. The fourth-order valence-electron chi connectivity index (χ4n) is 2.64. The van der Waals surface area contributed by atoms with Gasteiger partial charge in [-0.15, -0.1) is 0 Å². The molecule has 1 amide bonds. The third-order valence-electron chi connectivity index (χ3n) is 3.91. The molecule has 0 saturated heterocycles. The molecule has 2 atom stereocenters. The van der Waals surface area contributed by atoms with Crippen LogP contribution in [0.25, 0.3) is 0 Å². The molecule has 0 spiro atoms. The lowest BCUT2D eigenvalue weighted by Gasteiger charge is -2.34. The van der Waals surface area contributed by atoms with Crippen LogP contribution in [-0.4, -0.2) is 43.7 Å². The normalized spacial score (nSPS) is 20.9. The van der Waals surface area contributed by atoms with Gasteiger partial charge in [-0.1, -0.05) is 18.2 Å². The molecule has 0 radical (unpaired) electrons. The van der Waals surface area contributed by atoms with E-state index in [9.17, 15) is 4.79 Å². The maximum absolute atomic E-state index is 12.5. The number of nitrogens with zero attached hydrogens (tertiary/aromatic N) is 1. The number of carbonyl (C=O) groups excluding carboxylic acids is 1. The Morgan fingerprint density at radius 1 is 1.45 bits per heavy atom. The van der Waals surface area contributed by atoms with E-state index in [0.717, 1.165) is 12.1 Å². The quantitative estimate of drug-likeness (QED) is 0.838. The highest BCUT2D eigenvalue weighted by atomic mass is 16.5. The number of carbonyl (C=O) groups is 1. The lowest BCUT2D eigenvalue weighted by atomic mass is 9.87. The first-order chi connectivity index (χ1) is 9.63. The summed E-state index contributed by atoms with van der Waals surface area (Å²) >= 11 is 0.